The zero-order chi connectivity index (χ0) is 22.2. The van der Waals surface area contributed by atoms with Crippen molar-refractivity contribution in [3.8, 4) is 6.07 Å². The standard InChI is InChI=1S/C22H21ClN4O3S/c1-14-12-27(13-15(2)30-14)22-21(25-18-5-3-4-6-19(18)26-22)20(11-24)31(28,29)17-9-7-16(23)8-10-17/h3-10,14-15,20H,12-13H2,1-2H3/t14-,15-,20+/m1/s1. The third-order valence-electron chi connectivity index (χ3n) is 5.12. The van der Waals surface area contributed by atoms with Crippen molar-refractivity contribution in [2.75, 3.05) is 18.0 Å². The van der Waals surface area contributed by atoms with E-state index in [9.17, 15) is 13.7 Å². The summed E-state index contributed by atoms with van der Waals surface area (Å²) >= 11 is 5.91. The molecular weight excluding hydrogens is 436 g/mol. The second-order valence-corrected chi connectivity index (χ2v) is 10.1. The highest BCUT2D eigenvalue weighted by Gasteiger charge is 2.36. The highest BCUT2D eigenvalue weighted by atomic mass is 35.5. The molecule has 0 saturated carbocycles. The molecule has 2 heterocycles. The maximum absolute atomic E-state index is 13.4. The molecule has 3 atom stereocenters. The number of aromatic nitrogens is 2. The maximum Gasteiger partial charge on any atom is 0.200 e. The predicted molar refractivity (Wildman–Crippen MR) is 119 cm³/mol. The van der Waals surface area contributed by atoms with Gasteiger partial charge in [-0.25, -0.2) is 18.4 Å². The minimum absolute atomic E-state index is 0.00747. The summed E-state index contributed by atoms with van der Waals surface area (Å²) in [6.07, 6.45) is -0.142. The van der Waals surface area contributed by atoms with Crippen LogP contribution in [0.15, 0.2) is 53.4 Å². The number of para-hydroxylation sites is 2. The highest BCUT2D eigenvalue weighted by Crippen LogP contribution is 2.35. The van der Waals surface area contributed by atoms with E-state index in [2.05, 4.69) is 4.98 Å². The Morgan fingerprint density at radius 2 is 1.65 bits per heavy atom. The lowest BCUT2D eigenvalue weighted by Gasteiger charge is -2.37. The van der Waals surface area contributed by atoms with E-state index in [-0.39, 0.29) is 22.8 Å². The van der Waals surface area contributed by atoms with Gasteiger partial charge in [0.25, 0.3) is 0 Å². The highest BCUT2D eigenvalue weighted by molar-refractivity contribution is 7.92. The molecule has 7 nitrogen and oxygen atoms in total. The van der Waals surface area contributed by atoms with Crippen LogP contribution >= 0.6 is 11.6 Å². The van der Waals surface area contributed by atoms with E-state index in [1.165, 1.54) is 24.3 Å². The number of nitriles is 1. The number of benzene rings is 2. The molecule has 0 unspecified atom stereocenters. The summed E-state index contributed by atoms with van der Waals surface area (Å²) in [5.41, 5.74) is 1.29. The summed E-state index contributed by atoms with van der Waals surface area (Å²) < 4.78 is 32.6. The fourth-order valence-electron chi connectivity index (χ4n) is 3.80. The van der Waals surface area contributed by atoms with Gasteiger partial charge in [-0.1, -0.05) is 23.7 Å². The number of ether oxygens (including phenoxy) is 1. The monoisotopic (exact) mass is 456 g/mol. The van der Waals surface area contributed by atoms with Gasteiger partial charge in [0, 0.05) is 18.1 Å². The van der Waals surface area contributed by atoms with Crippen LogP contribution in [0.25, 0.3) is 11.0 Å². The summed E-state index contributed by atoms with van der Waals surface area (Å²) in [5, 5.41) is 8.86. The van der Waals surface area contributed by atoms with Crippen LogP contribution in [0, 0.1) is 11.3 Å². The smallest absolute Gasteiger partial charge is 0.200 e. The van der Waals surface area contributed by atoms with Crippen LogP contribution in [0.2, 0.25) is 5.02 Å². The van der Waals surface area contributed by atoms with Gasteiger partial charge in [0.1, 0.15) is 5.69 Å². The van der Waals surface area contributed by atoms with Crippen LogP contribution in [-0.2, 0) is 14.6 Å². The Morgan fingerprint density at radius 1 is 1.06 bits per heavy atom. The molecule has 0 spiro atoms. The Balaban J connectivity index is 1.90. The molecule has 9 heteroatoms. The molecule has 0 aliphatic carbocycles. The lowest BCUT2D eigenvalue weighted by molar-refractivity contribution is -0.00550. The quantitative estimate of drug-likeness (QED) is 0.586. The van der Waals surface area contributed by atoms with Gasteiger partial charge in [-0.3, -0.25) is 0 Å². The van der Waals surface area contributed by atoms with E-state index in [0.717, 1.165) is 0 Å². The summed E-state index contributed by atoms with van der Waals surface area (Å²) in [7, 11) is -4.06. The van der Waals surface area contributed by atoms with Crippen molar-refractivity contribution in [3.05, 3.63) is 59.2 Å². The van der Waals surface area contributed by atoms with Gasteiger partial charge < -0.3 is 9.64 Å². The molecule has 1 aromatic heterocycles. The molecule has 1 aliphatic rings. The molecule has 4 rings (SSSR count). The van der Waals surface area contributed by atoms with E-state index in [1.54, 1.807) is 12.1 Å². The molecule has 0 bridgehead atoms. The third kappa shape index (κ3) is 4.22. The number of morpholine rings is 1. The lowest BCUT2D eigenvalue weighted by atomic mass is 10.2. The minimum atomic E-state index is -4.06. The first-order valence-corrected chi connectivity index (χ1v) is 11.8. The number of halogens is 1. The maximum atomic E-state index is 13.4. The van der Waals surface area contributed by atoms with Gasteiger partial charge in [-0.05, 0) is 50.2 Å². The van der Waals surface area contributed by atoms with Crippen molar-refractivity contribution >= 4 is 38.3 Å². The topological polar surface area (TPSA) is 96.2 Å². The van der Waals surface area contributed by atoms with Crippen molar-refractivity contribution in [1.82, 2.24) is 9.97 Å². The second-order valence-electron chi connectivity index (χ2n) is 7.59. The number of fused-ring (bicyclic) bond motifs is 1. The molecular formula is C22H21ClN4O3S. The van der Waals surface area contributed by atoms with E-state index < -0.39 is 15.1 Å². The van der Waals surface area contributed by atoms with E-state index in [4.69, 9.17) is 21.3 Å². The Kier molecular flexibility index (Phi) is 5.84. The van der Waals surface area contributed by atoms with Crippen molar-refractivity contribution in [2.45, 2.75) is 36.2 Å². The van der Waals surface area contributed by atoms with Gasteiger partial charge >= 0.3 is 0 Å². The molecule has 1 fully saturated rings. The predicted octanol–water partition coefficient (Wildman–Crippen LogP) is 3.94. The Labute approximate surface area is 186 Å². The summed E-state index contributed by atoms with van der Waals surface area (Å²) in [4.78, 5) is 11.3. The van der Waals surface area contributed by atoms with Gasteiger partial charge in [0.05, 0.1) is 34.2 Å². The number of sulfone groups is 1. The number of anilines is 1. The zero-order valence-electron chi connectivity index (χ0n) is 17.1. The molecule has 31 heavy (non-hydrogen) atoms. The molecule has 160 valence electrons. The van der Waals surface area contributed by atoms with Crippen LogP contribution in [0.1, 0.15) is 24.8 Å². The first-order valence-electron chi connectivity index (χ1n) is 9.85. The van der Waals surface area contributed by atoms with E-state index in [0.29, 0.717) is 35.0 Å². The Hall–Kier alpha value is -2.73. The average molecular weight is 457 g/mol. The minimum Gasteiger partial charge on any atom is -0.372 e. The summed E-state index contributed by atoms with van der Waals surface area (Å²) in [6.45, 7) is 4.93. The number of hydrogen-bond donors (Lipinski definition) is 0. The van der Waals surface area contributed by atoms with Gasteiger partial charge in [0.15, 0.2) is 11.1 Å². The van der Waals surface area contributed by atoms with Gasteiger partial charge in [-0.2, -0.15) is 5.26 Å². The molecule has 3 aromatic rings. The second kappa shape index (κ2) is 8.42. The first-order chi connectivity index (χ1) is 14.8. The number of hydrogen-bond acceptors (Lipinski definition) is 7. The Bertz CT molecular complexity index is 1250. The van der Waals surface area contributed by atoms with Crippen molar-refractivity contribution in [1.29, 1.82) is 5.26 Å². The first kappa shape index (κ1) is 21.5. The normalized spacial score (nSPS) is 20.4. The fraction of sp³-hybridized carbons (Fsp3) is 0.318. The fourth-order valence-corrected chi connectivity index (χ4v) is 5.31. The van der Waals surface area contributed by atoms with Crippen LogP contribution < -0.4 is 4.90 Å². The molecule has 0 amide bonds. The molecule has 2 aromatic carbocycles. The molecule has 1 saturated heterocycles. The summed E-state index contributed by atoms with van der Waals surface area (Å²) in [6, 6.07) is 14.9. The van der Waals surface area contributed by atoms with Crippen molar-refractivity contribution in [2.24, 2.45) is 0 Å². The average Bonchev–Trinajstić information content (AvgIpc) is 2.73. The van der Waals surface area contributed by atoms with Crippen LogP contribution in [0.5, 0.6) is 0 Å². The van der Waals surface area contributed by atoms with Crippen molar-refractivity contribution in [3.63, 3.8) is 0 Å². The third-order valence-corrected chi connectivity index (χ3v) is 7.25. The van der Waals surface area contributed by atoms with Crippen molar-refractivity contribution < 1.29 is 13.2 Å². The molecule has 1 aliphatic heterocycles. The van der Waals surface area contributed by atoms with E-state index in [1.807, 2.05) is 36.9 Å². The zero-order valence-corrected chi connectivity index (χ0v) is 18.6. The van der Waals surface area contributed by atoms with Gasteiger partial charge in [-0.15, -0.1) is 0 Å². The van der Waals surface area contributed by atoms with Crippen LogP contribution in [0.3, 0.4) is 0 Å². The summed E-state index contributed by atoms with van der Waals surface area (Å²) in [5.74, 6) is 0.393. The largest absolute Gasteiger partial charge is 0.372 e. The number of nitrogens with zero attached hydrogens (tertiary/aromatic N) is 4. The van der Waals surface area contributed by atoms with E-state index >= 15 is 0 Å². The lowest BCUT2D eigenvalue weighted by Crippen LogP contribution is -2.46. The van der Waals surface area contributed by atoms with Crippen LogP contribution in [-0.4, -0.2) is 43.7 Å². The SMILES string of the molecule is C[C@@H]1CN(c2nc3ccccc3nc2[C@H](C#N)S(=O)(=O)c2ccc(Cl)cc2)C[C@@H](C)O1. The van der Waals surface area contributed by atoms with Crippen LogP contribution in [0.4, 0.5) is 5.82 Å². The Morgan fingerprint density at radius 3 is 2.23 bits per heavy atom. The van der Waals surface area contributed by atoms with Gasteiger partial charge in [0.2, 0.25) is 9.84 Å². The number of rotatable bonds is 4. The molecule has 0 radical (unpaired) electrons. The molecule has 0 N–H and O–H groups in total.